The van der Waals surface area contributed by atoms with Crippen LogP contribution in [-0.2, 0) is 17.8 Å². The van der Waals surface area contributed by atoms with Crippen LogP contribution in [0.5, 0.6) is 0 Å². The number of amides is 1. The second kappa shape index (κ2) is 6.65. The molecule has 0 saturated carbocycles. The van der Waals surface area contributed by atoms with E-state index >= 15 is 0 Å². The molecule has 4 heterocycles. The monoisotopic (exact) mass is 408 g/mol. The van der Waals surface area contributed by atoms with Gasteiger partial charge in [-0.15, -0.1) is 22.7 Å². The fourth-order valence-corrected chi connectivity index (χ4v) is 5.25. The number of hydrogen-bond donors (Lipinski definition) is 0. The maximum atomic E-state index is 13.0. The summed E-state index contributed by atoms with van der Waals surface area (Å²) in [6.45, 7) is 2.40. The summed E-state index contributed by atoms with van der Waals surface area (Å²) in [4.78, 5) is 33.0. The Morgan fingerprint density at radius 1 is 1.21 bits per heavy atom. The first-order chi connectivity index (χ1) is 13.6. The summed E-state index contributed by atoms with van der Waals surface area (Å²) >= 11 is 3.01. The van der Waals surface area contributed by atoms with Crippen molar-refractivity contribution in [1.29, 1.82) is 0 Å². The Morgan fingerprint density at radius 3 is 2.89 bits per heavy atom. The normalized spacial score (nSPS) is 13.2. The molecule has 0 saturated heterocycles. The number of para-hydroxylation sites is 1. The molecular formula is C20H16N4O2S2. The second-order valence-electron chi connectivity index (χ2n) is 6.62. The zero-order valence-electron chi connectivity index (χ0n) is 15.1. The first-order valence-corrected chi connectivity index (χ1v) is 10.6. The number of carbonyl (C=O) groups is 1. The van der Waals surface area contributed by atoms with E-state index < -0.39 is 0 Å². The molecule has 0 N–H and O–H groups in total. The molecule has 1 aliphatic heterocycles. The van der Waals surface area contributed by atoms with Gasteiger partial charge in [0, 0.05) is 12.2 Å². The maximum Gasteiger partial charge on any atom is 0.294 e. The predicted molar refractivity (Wildman–Crippen MR) is 112 cm³/mol. The molecule has 0 atom stereocenters. The van der Waals surface area contributed by atoms with Crippen LogP contribution in [0.3, 0.4) is 0 Å². The third-order valence-electron chi connectivity index (χ3n) is 4.83. The molecule has 140 valence electrons. The van der Waals surface area contributed by atoms with Crippen molar-refractivity contribution in [3.63, 3.8) is 0 Å². The highest BCUT2D eigenvalue weighted by Gasteiger charge is 2.26. The number of thiophene rings is 1. The van der Waals surface area contributed by atoms with Crippen molar-refractivity contribution in [3.05, 3.63) is 62.7 Å². The molecule has 1 aliphatic rings. The fourth-order valence-electron chi connectivity index (χ4n) is 3.56. The van der Waals surface area contributed by atoms with E-state index in [0.717, 1.165) is 32.3 Å². The Hall–Kier alpha value is -2.84. The number of anilines is 1. The van der Waals surface area contributed by atoms with Crippen LogP contribution in [0.15, 0.2) is 46.6 Å². The summed E-state index contributed by atoms with van der Waals surface area (Å²) in [5, 5.41) is 7.34. The van der Waals surface area contributed by atoms with E-state index in [9.17, 15) is 9.59 Å². The van der Waals surface area contributed by atoms with Gasteiger partial charge in [-0.3, -0.25) is 9.59 Å². The first-order valence-electron chi connectivity index (χ1n) is 8.92. The molecule has 0 radical (unpaired) electrons. The first kappa shape index (κ1) is 17.3. The number of benzene rings is 1. The summed E-state index contributed by atoms with van der Waals surface area (Å²) in [5.41, 5.74) is 2.85. The van der Waals surface area contributed by atoms with E-state index in [-0.39, 0.29) is 18.0 Å². The van der Waals surface area contributed by atoms with Gasteiger partial charge in [0.15, 0.2) is 5.52 Å². The van der Waals surface area contributed by atoms with Crippen molar-refractivity contribution < 1.29 is 4.79 Å². The lowest BCUT2D eigenvalue weighted by molar-refractivity contribution is -0.119. The number of fused-ring (bicyclic) bond motifs is 2. The lowest BCUT2D eigenvalue weighted by Gasteiger charge is -2.17. The van der Waals surface area contributed by atoms with Gasteiger partial charge in [-0.05, 0) is 36.4 Å². The molecule has 0 spiro atoms. The number of nitrogens with zero attached hydrogens (tertiary/aromatic N) is 4. The van der Waals surface area contributed by atoms with E-state index in [1.165, 1.54) is 16.0 Å². The van der Waals surface area contributed by atoms with Gasteiger partial charge in [-0.2, -0.15) is 5.10 Å². The molecule has 0 bridgehead atoms. The third-order valence-corrected chi connectivity index (χ3v) is 6.69. The van der Waals surface area contributed by atoms with Crippen LogP contribution in [0.4, 0.5) is 5.69 Å². The van der Waals surface area contributed by atoms with E-state index in [4.69, 9.17) is 0 Å². The highest BCUT2D eigenvalue weighted by atomic mass is 32.1. The van der Waals surface area contributed by atoms with Crippen molar-refractivity contribution >= 4 is 44.5 Å². The number of hydrogen-bond acceptors (Lipinski definition) is 6. The quantitative estimate of drug-likeness (QED) is 0.520. The molecule has 8 heteroatoms. The lowest BCUT2D eigenvalue weighted by atomic mass is 10.2. The smallest absolute Gasteiger partial charge is 0.294 e. The van der Waals surface area contributed by atoms with Gasteiger partial charge in [-0.1, -0.05) is 24.3 Å². The second-order valence-corrected chi connectivity index (χ2v) is 8.77. The molecular weight excluding hydrogens is 392 g/mol. The Bertz CT molecular complexity index is 1260. The zero-order valence-corrected chi connectivity index (χ0v) is 16.7. The number of rotatable bonds is 3. The van der Waals surface area contributed by atoms with Crippen molar-refractivity contribution in [2.75, 3.05) is 11.4 Å². The summed E-state index contributed by atoms with van der Waals surface area (Å²) in [7, 11) is 0. The van der Waals surface area contributed by atoms with Crippen LogP contribution in [0.25, 0.3) is 20.8 Å². The molecule has 1 amide bonds. The van der Waals surface area contributed by atoms with E-state index in [1.54, 1.807) is 16.2 Å². The van der Waals surface area contributed by atoms with Crippen molar-refractivity contribution in [2.45, 2.75) is 19.9 Å². The van der Waals surface area contributed by atoms with Gasteiger partial charge in [0.2, 0.25) is 5.91 Å². The van der Waals surface area contributed by atoms with Crippen molar-refractivity contribution in [2.24, 2.45) is 0 Å². The Kier molecular flexibility index (Phi) is 4.10. The Morgan fingerprint density at radius 2 is 2.07 bits per heavy atom. The van der Waals surface area contributed by atoms with E-state index in [1.807, 2.05) is 48.7 Å². The highest BCUT2D eigenvalue weighted by molar-refractivity contribution is 7.20. The minimum Gasteiger partial charge on any atom is -0.310 e. The van der Waals surface area contributed by atoms with Gasteiger partial charge in [0.05, 0.1) is 14.6 Å². The van der Waals surface area contributed by atoms with Gasteiger partial charge >= 0.3 is 0 Å². The van der Waals surface area contributed by atoms with E-state index in [0.29, 0.717) is 17.8 Å². The molecule has 4 aromatic rings. The third kappa shape index (κ3) is 2.76. The average molecular weight is 409 g/mol. The van der Waals surface area contributed by atoms with Crippen LogP contribution in [-0.4, -0.2) is 27.2 Å². The molecule has 0 aliphatic carbocycles. The van der Waals surface area contributed by atoms with Crippen LogP contribution in [0.2, 0.25) is 0 Å². The molecule has 6 nitrogen and oxygen atoms in total. The molecule has 28 heavy (non-hydrogen) atoms. The van der Waals surface area contributed by atoms with Gasteiger partial charge in [0.25, 0.3) is 5.56 Å². The van der Waals surface area contributed by atoms with Crippen LogP contribution < -0.4 is 10.5 Å². The maximum absolute atomic E-state index is 13.0. The number of aryl methyl sites for hydroxylation is 1. The van der Waals surface area contributed by atoms with E-state index in [2.05, 4.69) is 10.1 Å². The van der Waals surface area contributed by atoms with Gasteiger partial charge in [0.1, 0.15) is 12.2 Å². The molecule has 3 aromatic heterocycles. The Balaban J connectivity index is 1.57. The molecule has 0 unspecified atom stereocenters. The summed E-state index contributed by atoms with van der Waals surface area (Å²) in [6.07, 6.45) is 0.828. The van der Waals surface area contributed by atoms with Crippen molar-refractivity contribution in [3.8, 4) is 10.6 Å². The van der Waals surface area contributed by atoms with Gasteiger partial charge in [-0.25, -0.2) is 9.67 Å². The molecule has 0 fully saturated rings. The van der Waals surface area contributed by atoms with Crippen LogP contribution in [0.1, 0.15) is 10.6 Å². The fraction of sp³-hybridized carbons (Fsp3) is 0.200. The standard InChI is InChI=1S/C20H16N4O2S2/c1-12-21-18-19(28-12)17(15-7-4-10-27-15)22-24(20(18)26)11-16(25)23-9-8-13-5-2-3-6-14(13)23/h2-7,10H,8-9,11H2,1H3. The SMILES string of the molecule is Cc1nc2c(=O)n(CC(=O)N3CCc4ccccc43)nc(-c3cccs3)c2s1. The molecule has 1 aromatic carbocycles. The highest BCUT2D eigenvalue weighted by Crippen LogP contribution is 2.32. The largest absolute Gasteiger partial charge is 0.310 e. The predicted octanol–water partition coefficient (Wildman–Crippen LogP) is 3.48. The Labute approximate surface area is 168 Å². The molecule has 5 rings (SSSR count). The van der Waals surface area contributed by atoms with Crippen molar-refractivity contribution in [1.82, 2.24) is 14.8 Å². The van der Waals surface area contributed by atoms with Gasteiger partial charge < -0.3 is 4.90 Å². The average Bonchev–Trinajstić information content (AvgIpc) is 3.42. The summed E-state index contributed by atoms with van der Waals surface area (Å²) < 4.78 is 2.04. The number of thiazole rings is 1. The number of aromatic nitrogens is 3. The summed E-state index contributed by atoms with van der Waals surface area (Å²) in [6, 6.07) is 11.8. The van der Waals surface area contributed by atoms with Crippen LogP contribution in [0, 0.1) is 6.92 Å². The zero-order chi connectivity index (χ0) is 19.3. The summed E-state index contributed by atoms with van der Waals surface area (Å²) in [5.74, 6) is -0.136. The van der Waals surface area contributed by atoms with Crippen LogP contribution >= 0.6 is 22.7 Å². The topological polar surface area (TPSA) is 68.1 Å². The minimum atomic E-state index is -0.319. The number of carbonyl (C=O) groups excluding carboxylic acids is 1. The minimum absolute atomic E-state index is 0.0991. The lowest BCUT2D eigenvalue weighted by Crippen LogP contribution is -2.36.